The Hall–Kier alpha value is -2.53. The van der Waals surface area contributed by atoms with E-state index in [1.54, 1.807) is 12.1 Å². The number of rotatable bonds is 4. The zero-order valence-corrected chi connectivity index (χ0v) is 19.7. The lowest BCUT2D eigenvalue weighted by Gasteiger charge is -2.42. The van der Waals surface area contributed by atoms with Crippen molar-refractivity contribution in [2.45, 2.75) is 37.3 Å². The van der Waals surface area contributed by atoms with E-state index in [2.05, 4.69) is 20.4 Å². The number of nitrogens with zero attached hydrogens (tertiary/aromatic N) is 3. The van der Waals surface area contributed by atoms with Crippen molar-refractivity contribution in [3.63, 3.8) is 0 Å². The Morgan fingerprint density at radius 3 is 2.38 bits per heavy atom. The Morgan fingerprint density at radius 1 is 1.00 bits per heavy atom. The van der Waals surface area contributed by atoms with Gasteiger partial charge < -0.3 is 15.3 Å². The summed E-state index contributed by atoms with van der Waals surface area (Å²) >= 11 is 0. The number of piperidine rings is 2. The fourth-order valence-corrected chi connectivity index (χ4v) is 5.37. The summed E-state index contributed by atoms with van der Waals surface area (Å²) in [6.07, 6.45) is 1.72. The summed E-state index contributed by atoms with van der Waals surface area (Å²) in [4.78, 5) is 55.6. The first kappa shape index (κ1) is 24.6. The molecule has 10 nitrogen and oxygen atoms in total. The second-order valence-electron chi connectivity index (χ2n) is 9.38. The number of anilines is 1. The Bertz CT molecular complexity index is 1000. The molecule has 0 aromatic heterocycles. The molecule has 0 saturated carbocycles. The first-order chi connectivity index (χ1) is 15.9. The van der Waals surface area contributed by atoms with Crippen LogP contribution in [0.4, 0.5) is 5.69 Å². The van der Waals surface area contributed by atoms with Crippen LogP contribution in [0.25, 0.3) is 0 Å². The quantitative estimate of drug-likeness (QED) is 0.493. The number of fused-ring (bicyclic) bond motifs is 1. The molecule has 3 N–H and O–H groups in total. The van der Waals surface area contributed by atoms with E-state index in [1.807, 2.05) is 6.07 Å². The van der Waals surface area contributed by atoms with Crippen LogP contribution in [0.3, 0.4) is 0 Å². The van der Waals surface area contributed by atoms with Gasteiger partial charge in [0, 0.05) is 39.1 Å². The minimum Gasteiger partial charge on any atom is -0.388 e. The Kier molecular flexibility index (Phi) is 6.95. The average Bonchev–Trinajstić information content (AvgIpc) is 3.05. The van der Waals surface area contributed by atoms with E-state index in [-0.39, 0.29) is 31.2 Å². The Balaban J connectivity index is 0.00000274. The predicted octanol–water partition coefficient (Wildman–Crippen LogP) is -0.254. The number of carbonyl (C=O) groups is 4. The molecule has 0 bridgehead atoms. The highest BCUT2D eigenvalue weighted by Gasteiger charge is 2.46. The summed E-state index contributed by atoms with van der Waals surface area (Å²) in [5.41, 5.74) is 0.666. The number of imide groups is 2. The SMILES string of the molecule is Cl.O=C1CCC(N2C(=O)c3cccc(N4CCN(CC5(O)CCNCC5)CC4)c3C2=O)C(=O)N1. The molecule has 4 amide bonds. The van der Waals surface area contributed by atoms with E-state index in [4.69, 9.17) is 0 Å². The van der Waals surface area contributed by atoms with Crippen molar-refractivity contribution in [1.29, 1.82) is 0 Å². The van der Waals surface area contributed by atoms with Crippen LogP contribution in [0.2, 0.25) is 0 Å². The van der Waals surface area contributed by atoms with Gasteiger partial charge in [-0.15, -0.1) is 12.4 Å². The lowest BCUT2D eigenvalue weighted by Crippen LogP contribution is -2.55. The van der Waals surface area contributed by atoms with Crippen molar-refractivity contribution in [3.05, 3.63) is 29.3 Å². The number of β-amino-alcohol motifs (C(OH)–C–C–N with tert-alkyl or cyclic N) is 1. The smallest absolute Gasteiger partial charge is 0.264 e. The molecule has 5 rings (SSSR count). The largest absolute Gasteiger partial charge is 0.388 e. The third-order valence-electron chi connectivity index (χ3n) is 7.21. The van der Waals surface area contributed by atoms with Gasteiger partial charge in [-0.25, -0.2) is 0 Å². The van der Waals surface area contributed by atoms with Crippen LogP contribution in [-0.2, 0) is 9.59 Å². The fourth-order valence-electron chi connectivity index (χ4n) is 5.37. The van der Waals surface area contributed by atoms with E-state index < -0.39 is 29.4 Å². The molecule has 1 aromatic rings. The molecule has 34 heavy (non-hydrogen) atoms. The maximum Gasteiger partial charge on any atom is 0.264 e. The molecule has 184 valence electrons. The number of halogens is 1. The molecule has 1 atom stereocenters. The second kappa shape index (κ2) is 9.61. The molecule has 1 unspecified atom stereocenters. The fraction of sp³-hybridized carbons (Fsp3) is 0.565. The van der Waals surface area contributed by atoms with Gasteiger partial charge in [0.2, 0.25) is 11.8 Å². The first-order valence-corrected chi connectivity index (χ1v) is 11.6. The molecular weight excluding hydrogens is 462 g/mol. The summed E-state index contributed by atoms with van der Waals surface area (Å²) in [7, 11) is 0. The Morgan fingerprint density at radius 2 is 1.71 bits per heavy atom. The number of hydrogen-bond donors (Lipinski definition) is 3. The van der Waals surface area contributed by atoms with Crippen molar-refractivity contribution >= 4 is 41.7 Å². The zero-order valence-electron chi connectivity index (χ0n) is 18.9. The summed E-state index contributed by atoms with van der Waals surface area (Å²) < 4.78 is 0. The third-order valence-corrected chi connectivity index (χ3v) is 7.21. The van der Waals surface area contributed by atoms with Gasteiger partial charge in [-0.3, -0.25) is 34.3 Å². The summed E-state index contributed by atoms with van der Waals surface area (Å²) in [5.74, 6) is -1.96. The zero-order chi connectivity index (χ0) is 23.2. The number of nitrogens with one attached hydrogen (secondary N) is 2. The molecule has 0 radical (unpaired) electrons. The van der Waals surface area contributed by atoms with Crippen LogP contribution < -0.4 is 15.5 Å². The van der Waals surface area contributed by atoms with Crippen LogP contribution in [0.15, 0.2) is 18.2 Å². The van der Waals surface area contributed by atoms with Gasteiger partial charge in [-0.05, 0) is 44.5 Å². The molecule has 1 aromatic carbocycles. The standard InChI is InChI=1S/C23H29N5O5.ClH/c29-18-5-4-17(20(30)25-18)28-21(31)15-2-1-3-16(19(15)22(28)32)27-12-10-26(11-13-27)14-23(33)6-8-24-9-7-23;/h1-3,17,24,33H,4-14H2,(H,25,29,30);1H. The minimum atomic E-state index is -0.967. The summed E-state index contributed by atoms with van der Waals surface area (Å²) in [6, 6.07) is 4.25. The van der Waals surface area contributed by atoms with E-state index in [9.17, 15) is 24.3 Å². The number of aliphatic hydroxyl groups is 1. The van der Waals surface area contributed by atoms with Gasteiger partial charge >= 0.3 is 0 Å². The van der Waals surface area contributed by atoms with E-state index in [0.29, 0.717) is 36.4 Å². The second-order valence-corrected chi connectivity index (χ2v) is 9.38. The molecule has 0 spiro atoms. The van der Waals surface area contributed by atoms with Crippen molar-refractivity contribution in [2.24, 2.45) is 0 Å². The normalized spacial score (nSPS) is 25.1. The molecule has 4 heterocycles. The number of carbonyl (C=O) groups excluding carboxylic acids is 4. The van der Waals surface area contributed by atoms with E-state index >= 15 is 0 Å². The molecule has 0 aliphatic carbocycles. The van der Waals surface area contributed by atoms with Crippen molar-refractivity contribution in [3.8, 4) is 0 Å². The number of amides is 4. The van der Waals surface area contributed by atoms with Crippen molar-refractivity contribution in [2.75, 3.05) is 50.7 Å². The van der Waals surface area contributed by atoms with Gasteiger partial charge in [0.05, 0.1) is 22.4 Å². The topological polar surface area (TPSA) is 122 Å². The molecule has 11 heteroatoms. The summed E-state index contributed by atoms with van der Waals surface area (Å²) in [5, 5.41) is 16.4. The van der Waals surface area contributed by atoms with Crippen LogP contribution >= 0.6 is 12.4 Å². The van der Waals surface area contributed by atoms with Gasteiger partial charge in [0.15, 0.2) is 0 Å². The highest BCUT2D eigenvalue weighted by atomic mass is 35.5. The maximum absolute atomic E-state index is 13.3. The van der Waals surface area contributed by atoms with Crippen LogP contribution in [0.1, 0.15) is 46.4 Å². The number of benzene rings is 1. The van der Waals surface area contributed by atoms with Crippen molar-refractivity contribution in [1.82, 2.24) is 20.4 Å². The number of hydrogen-bond acceptors (Lipinski definition) is 8. The maximum atomic E-state index is 13.3. The predicted molar refractivity (Wildman–Crippen MR) is 126 cm³/mol. The van der Waals surface area contributed by atoms with Gasteiger partial charge in [-0.2, -0.15) is 0 Å². The summed E-state index contributed by atoms with van der Waals surface area (Å²) in [6.45, 7) is 5.13. The molecule has 3 saturated heterocycles. The van der Waals surface area contributed by atoms with Crippen molar-refractivity contribution < 1.29 is 24.3 Å². The lowest BCUT2D eigenvalue weighted by molar-refractivity contribution is -0.136. The third kappa shape index (κ3) is 4.43. The highest BCUT2D eigenvalue weighted by molar-refractivity contribution is 6.25. The van der Waals surface area contributed by atoms with Gasteiger partial charge in [0.1, 0.15) is 6.04 Å². The Labute approximate surface area is 204 Å². The molecule has 4 aliphatic rings. The van der Waals surface area contributed by atoms with Gasteiger partial charge in [0.25, 0.3) is 11.8 Å². The van der Waals surface area contributed by atoms with E-state index in [0.717, 1.165) is 43.9 Å². The monoisotopic (exact) mass is 491 g/mol. The minimum absolute atomic E-state index is 0. The molecule has 4 aliphatic heterocycles. The highest BCUT2D eigenvalue weighted by Crippen LogP contribution is 2.34. The van der Waals surface area contributed by atoms with Crippen LogP contribution in [0.5, 0.6) is 0 Å². The molecule has 3 fully saturated rings. The molecular formula is C23H30ClN5O5. The number of piperazine rings is 1. The van der Waals surface area contributed by atoms with Crippen LogP contribution in [0, 0.1) is 0 Å². The average molecular weight is 492 g/mol. The van der Waals surface area contributed by atoms with E-state index in [1.165, 1.54) is 0 Å². The van der Waals surface area contributed by atoms with Crippen LogP contribution in [-0.4, -0.2) is 96.0 Å². The lowest BCUT2D eigenvalue weighted by atomic mass is 9.91. The first-order valence-electron chi connectivity index (χ1n) is 11.6. The van der Waals surface area contributed by atoms with Gasteiger partial charge in [-0.1, -0.05) is 6.07 Å².